The van der Waals surface area contributed by atoms with Gasteiger partial charge < -0.3 is 9.80 Å². The summed E-state index contributed by atoms with van der Waals surface area (Å²) in [7, 11) is 0. The van der Waals surface area contributed by atoms with Crippen molar-refractivity contribution in [2.75, 3.05) is 16.5 Å². The van der Waals surface area contributed by atoms with E-state index < -0.39 is 0 Å². The molecule has 1 aliphatic heterocycles. The Kier molecular flexibility index (Phi) is 10.7. The quantitative estimate of drug-likeness (QED) is 0.151. The first-order valence-corrected chi connectivity index (χ1v) is 24.4. The minimum absolute atomic E-state index is 0.0416. The van der Waals surface area contributed by atoms with E-state index in [-0.39, 0.29) is 5.41 Å². The van der Waals surface area contributed by atoms with E-state index in [1.807, 2.05) is 6.20 Å². The molecule has 71 heavy (non-hydrogen) atoms. The van der Waals surface area contributed by atoms with Crippen LogP contribution in [0.5, 0.6) is 0 Å². The standard InChI is InChI=1S/C64H53N7/c1-41-35-42(2)59(43(3)36-41)63-67-61(66-62(68-63)47-31-32-53-52-25-13-14-28-54(52)71(57(53)38-47)58-39-48(33-34-65-58)64(4,5)6)46-23-17-24-49(37-46)69-40-70(56-30-16-15-29-55(56)69)60-50(44-19-9-7-10-20-44)26-18-27-51(60)45-21-11-8-12-22-45/h7-39H,40H2,1-6H3. The van der Waals surface area contributed by atoms with Gasteiger partial charge in [0.1, 0.15) is 12.5 Å². The second-order valence-corrected chi connectivity index (χ2v) is 19.8. The van der Waals surface area contributed by atoms with Crippen molar-refractivity contribution in [3.8, 4) is 62.2 Å². The second-order valence-electron chi connectivity index (χ2n) is 19.8. The van der Waals surface area contributed by atoms with Crippen LogP contribution in [0.2, 0.25) is 0 Å². The predicted octanol–water partition coefficient (Wildman–Crippen LogP) is 16.2. The van der Waals surface area contributed by atoms with Crippen molar-refractivity contribution in [3.63, 3.8) is 0 Å². The Morgan fingerprint density at radius 2 is 1.01 bits per heavy atom. The molecule has 1 aliphatic rings. The fourth-order valence-corrected chi connectivity index (χ4v) is 10.6. The van der Waals surface area contributed by atoms with E-state index >= 15 is 0 Å². The molecule has 3 aromatic heterocycles. The molecule has 0 fully saturated rings. The number of hydrogen-bond acceptors (Lipinski definition) is 6. The van der Waals surface area contributed by atoms with Crippen molar-refractivity contribution in [2.45, 2.75) is 47.0 Å². The zero-order chi connectivity index (χ0) is 48.4. The van der Waals surface area contributed by atoms with Crippen molar-refractivity contribution in [1.29, 1.82) is 0 Å². The minimum Gasteiger partial charge on any atom is -0.321 e. The van der Waals surface area contributed by atoms with E-state index in [4.69, 9.17) is 19.9 Å². The summed E-state index contributed by atoms with van der Waals surface area (Å²) in [6.45, 7) is 13.8. The summed E-state index contributed by atoms with van der Waals surface area (Å²) < 4.78 is 2.28. The molecule has 4 heterocycles. The van der Waals surface area contributed by atoms with E-state index in [9.17, 15) is 0 Å². The van der Waals surface area contributed by atoms with Gasteiger partial charge in [-0.3, -0.25) is 4.57 Å². The molecule has 0 atom stereocenters. The third kappa shape index (κ3) is 7.80. The maximum absolute atomic E-state index is 5.37. The second kappa shape index (κ2) is 17.4. The summed E-state index contributed by atoms with van der Waals surface area (Å²) in [5.74, 6) is 2.74. The van der Waals surface area contributed by atoms with Crippen molar-refractivity contribution in [3.05, 3.63) is 223 Å². The van der Waals surface area contributed by atoms with Gasteiger partial charge in [-0.05, 0) is 103 Å². The molecule has 0 radical (unpaired) electrons. The molecule has 7 heteroatoms. The van der Waals surface area contributed by atoms with Gasteiger partial charge in [0, 0.05) is 50.5 Å². The van der Waals surface area contributed by atoms with Crippen LogP contribution in [0.15, 0.2) is 200 Å². The summed E-state index contributed by atoms with van der Waals surface area (Å²) >= 11 is 0. The Bertz CT molecular complexity index is 3750. The zero-order valence-corrected chi connectivity index (χ0v) is 40.9. The molecule has 0 saturated heterocycles. The summed E-state index contributed by atoms with van der Waals surface area (Å²) in [4.78, 5) is 25.9. The van der Waals surface area contributed by atoms with Crippen LogP contribution in [-0.2, 0) is 5.41 Å². The molecule has 7 nitrogen and oxygen atoms in total. The maximum atomic E-state index is 5.37. The lowest BCUT2D eigenvalue weighted by atomic mass is 9.88. The normalized spacial score (nSPS) is 12.5. The first-order valence-electron chi connectivity index (χ1n) is 24.4. The molecular formula is C64H53N7. The molecule has 0 unspecified atom stereocenters. The number of nitrogens with zero attached hydrogens (tertiary/aromatic N) is 7. The Balaban J connectivity index is 1.01. The van der Waals surface area contributed by atoms with Crippen LogP contribution >= 0.6 is 0 Å². The van der Waals surface area contributed by atoms with Gasteiger partial charge in [-0.15, -0.1) is 0 Å². The van der Waals surface area contributed by atoms with Gasteiger partial charge in [0.15, 0.2) is 17.5 Å². The molecule has 344 valence electrons. The maximum Gasteiger partial charge on any atom is 0.164 e. The summed E-state index contributed by atoms with van der Waals surface area (Å²) in [6, 6.07) is 69.4. The highest BCUT2D eigenvalue weighted by molar-refractivity contribution is 6.10. The van der Waals surface area contributed by atoms with E-state index in [1.54, 1.807) is 0 Å². The van der Waals surface area contributed by atoms with Crippen LogP contribution < -0.4 is 9.80 Å². The van der Waals surface area contributed by atoms with E-state index in [0.29, 0.717) is 24.1 Å². The summed E-state index contributed by atoms with van der Waals surface area (Å²) in [5, 5.41) is 2.31. The number of rotatable bonds is 8. The number of aromatic nitrogens is 5. The molecule has 0 amide bonds. The molecule has 11 aromatic rings. The first kappa shape index (κ1) is 43.6. The van der Waals surface area contributed by atoms with Crippen molar-refractivity contribution in [2.24, 2.45) is 0 Å². The topological polar surface area (TPSA) is 63.0 Å². The number of aryl methyl sites for hydroxylation is 3. The van der Waals surface area contributed by atoms with Crippen LogP contribution in [0.4, 0.5) is 22.7 Å². The Morgan fingerprint density at radius 1 is 0.451 bits per heavy atom. The summed E-state index contributed by atoms with van der Waals surface area (Å²) in [6.07, 6.45) is 1.93. The van der Waals surface area contributed by atoms with E-state index in [2.05, 4.69) is 250 Å². The van der Waals surface area contributed by atoms with Gasteiger partial charge in [-0.1, -0.05) is 172 Å². The summed E-state index contributed by atoms with van der Waals surface area (Å²) in [5.41, 5.74) is 18.8. The largest absolute Gasteiger partial charge is 0.321 e. The number of anilines is 4. The Morgan fingerprint density at radius 3 is 1.69 bits per heavy atom. The van der Waals surface area contributed by atoms with Gasteiger partial charge in [-0.25, -0.2) is 19.9 Å². The van der Waals surface area contributed by atoms with Crippen LogP contribution in [-0.4, -0.2) is 31.2 Å². The Labute approximate surface area is 415 Å². The molecule has 0 aliphatic carbocycles. The van der Waals surface area contributed by atoms with Gasteiger partial charge in [0.25, 0.3) is 0 Å². The molecule has 0 N–H and O–H groups in total. The van der Waals surface area contributed by atoms with Crippen LogP contribution in [0.1, 0.15) is 43.0 Å². The third-order valence-corrected chi connectivity index (χ3v) is 13.9. The van der Waals surface area contributed by atoms with Crippen LogP contribution in [0, 0.1) is 20.8 Å². The monoisotopic (exact) mass is 919 g/mol. The van der Waals surface area contributed by atoms with Crippen molar-refractivity contribution in [1.82, 2.24) is 24.5 Å². The fourth-order valence-electron chi connectivity index (χ4n) is 10.6. The lowest BCUT2D eigenvalue weighted by Gasteiger charge is -2.27. The number of fused-ring (bicyclic) bond motifs is 4. The van der Waals surface area contributed by atoms with Gasteiger partial charge in [0.05, 0.1) is 28.1 Å². The van der Waals surface area contributed by atoms with Gasteiger partial charge in [-0.2, -0.15) is 0 Å². The third-order valence-electron chi connectivity index (χ3n) is 13.9. The number of pyridine rings is 1. The highest BCUT2D eigenvalue weighted by Gasteiger charge is 2.32. The smallest absolute Gasteiger partial charge is 0.164 e. The van der Waals surface area contributed by atoms with Gasteiger partial charge >= 0.3 is 0 Å². The number of para-hydroxylation sites is 4. The lowest BCUT2D eigenvalue weighted by Crippen LogP contribution is -2.25. The molecule has 12 rings (SSSR count). The lowest BCUT2D eigenvalue weighted by molar-refractivity contribution is 0.588. The minimum atomic E-state index is -0.0416. The molecule has 0 bridgehead atoms. The first-order chi connectivity index (χ1) is 34.6. The van der Waals surface area contributed by atoms with Crippen molar-refractivity contribution < 1.29 is 0 Å². The predicted molar refractivity (Wildman–Crippen MR) is 294 cm³/mol. The van der Waals surface area contributed by atoms with Crippen molar-refractivity contribution >= 4 is 44.6 Å². The van der Waals surface area contributed by atoms with Crippen LogP contribution in [0.25, 0.3) is 84.0 Å². The highest BCUT2D eigenvalue weighted by atomic mass is 15.4. The molecule has 0 spiro atoms. The fraction of sp³-hybridized carbons (Fsp3) is 0.125. The average Bonchev–Trinajstić information content (AvgIpc) is 3.94. The zero-order valence-electron chi connectivity index (χ0n) is 40.9. The van der Waals surface area contributed by atoms with Gasteiger partial charge in [0.2, 0.25) is 0 Å². The van der Waals surface area contributed by atoms with E-state index in [0.717, 1.165) is 67.1 Å². The molecule has 0 saturated carbocycles. The average molecular weight is 920 g/mol. The molecular weight excluding hydrogens is 867 g/mol. The number of benzene rings is 8. The Hall–Kier alpha value is -8.68. The number of hydrogen-bond donors (Lipinski definition) is 0. The SMILES string of the molecule is Cc1cc(C)c(-c2nc(-c3cccc(N4CN(c5c(-c6ccccc6)cccc5-c5ccccc5)c5ccccc54)c3)nc(-c3ccc4c5ccccc5n(-c5cc(C(C)(C)C)ccn5)c4c3)n2)c(C)c1. The molecule has 8 aromatic carbocycles. The highest BCUT2D eigenvalue weighted by Crippen LogP contribution is 2.50. The van der Waals surface area contributed by atoms with E-state index in [1.165, 1.54) is 44.5 Å². The van der Waals surface area contributed by atoms with Crippen LogP contribution in [0.3, 0.4) is 0 Å².